The van der Waals surface area contributed by atoms with Crippen LogP contribution in [0.15, 0.2) is 18.2 Å². The first-order valence-electron chi connectivity index (χ1n) is 7.73. The van der Waals surface area contributed by atoms with Crippen molar-refractivity contribution in [1.82, 2.24) is 9.55 Å². The average molecular weight is 309 g/mol. The average Bonchev–Trinajstić information content (AvgIpc) is 2.77. The summed E-state index contributed by atoms with van der Waals surface area (Å²) in [4.78, 5) is 4.69. The highest BCUT2D eigenvalue weighted by atomic mass is 35.5. The van der Waals surface area contributed by atoms with Gasteiger partial charge in [-0.05, 0) is 44.7 Å². The molecule has 0 spiro atoms. The molecule has 0 bridgehead atoms. The number of hydrogen-bond acceptors (Lipinski definition) is 2. The molecule has 4 heteroatoms. The fourth-order valence-corrected chi connectivity index (χ4v) is 2.73. The summed E-state index contributed by atoms with van der Waals surface area (Å²) in [6, 6.07) is 6.10. The van der Waals surface area contributed by atoms with Crippen LogP contribution < -0.4 is 4.74 Å². The fraction of sp³-hybridized carbons (Fsp3) is 0.588. The van der Waals surface area contributed by atoms with Crippen LogP contribution in [0.3, 0.4) is 0 Å². The Kier molecular flexibility index (Phi) is 5.51. The van der Waals surface area contributed by atoms with Gasteiger partial charge in [-0.1, -0.05) is 19.9 Å². The molecule has 1 heterocycles. The molecule has 21 heavy (non-hydrogen) atoms. The van der Waals surface area contributed by atoms with Crippen LogP contribution in [0.2, 0.25) is 0 Å². The van der Waals surface area contributed by atoms with Crippen LogP contribution in [0.25, 0.3) is 11.0 Å². The van der Waals surface area contributed by atoms with E-state index in [2.05, 4.69) is 29.5 Å². The van der Waals surface area contributed by atoms with Crippen LogP contribution in [0.5, 0.6) is 5.75 Å². The van der Waals surface area contributed by atoms with Crippen molar-refractivity contribution in [2.75, 3.05) is 0 Å². The van der Waals surface area contributed by atoms with E-state index in [9.17, 15) is 0 Å². The fourth-order valence-electron chi connectivity index (χ4n) is 2.53. The molecule has 116 valence electrons. The number of aromatic nitrogens is 2. The van der Waals surface area contributed by atoms with Crippen LogP contribution in [-0.4, -0.2) is 15.7 Å². The number of halogens is 1. The maximum atomic E-state index is 6.08. The van der Waals surface area contributed by atoms with E-state index in [4.69, 9.17) is 16.3 Å². The molecule has 0 aliphatic heterocycles. The standard InChI is InChI=1S/C17H25ClN2O/c1-12(2)7-6-10-20-14-8-5-9-15(21-13(3)4)17(14)19-16(20)11-18/h5,8-9,12-13H,6-7,10-11H2,1-4H3. The molecule has 0 aliphatic rings. The number of nitrogens with zero attached hydrogens (tertiary/aromatic N) is 2. The second-order valence-electron chi connectivity index (χ2n) is 6.14. The number of aryl methyl sites for hydroxylation is 1. The van der Waals surface area contributed by atoms with E-state index < -0.39 is 0 Å². The molecule has 0 fully saturated rings. The van der Waals surface area contributed by atoms with Crippen molar-refractivity contribution in [1.29, 1.82) is 0 Å². The van der Waals surface area contributed by atoms with Gasteiger partial charge in [0, 0.05) is 6.54 Å². The SMILES string of the molecule is CC(C)CCCn1c(CCl)nc2c(OC(C)C)cccc21. The highest BCUT2D eigenvalue weighted by Gasteiger charge is 2.14. The molecule has 0 N–H and O–H groups in total. The molecule has 3 nitrogen and oxygen atoms in total. The number of alkyl halides is 1. The normalized spacial score (nSPS) is 11.8. The van der Waals surface area contributed by atoms with Gasteiger partial charge in [0.2, 0.25) is 0 Å². The van der Waals surface area contributed by atoms with Gasteiger partial charge in [-0.3, -0.25) is 0 Å². The smallest absolute Gasteiger partial charge is 0.147 e. The Hall–Kier alpha value is -1.22. The van der Waals surface area contributed by atoms with Crippen molar-refractivity contribution < 1.29 is 4.74 Å². The Balaban J connectivity index is 2.35. The Morgan fingerprint density at radius 2 is 2.00 bits per heavy atom. The Morgan fingerprint density at radius 3 is 2.62 bits per heavy atom. The predicted octanol–water partition coefficient (Wildman–Crippen LogP) is 5.00. The molecular formula is C17H25ClN2O. The van der Waals surface area contributed by atoms with Gasteiger partial charge in [-0.25, -0.2) is 4.98 Å². The highest BCUT2D eigenvalue weighted by Crippen LogP contribution is 2.28. The van der Waals surface area contributed by atoms with Gasteiger partial charge >= 0.3 is 0 Å². The van der Waals surface area contributed by atoms with Crippen molar-refractivity contribution in [2.24, 2.45) is 5.92 Å². The number of ether oxygens (including phenoxy) is 1. The number of benzene rings is 1. The lowest BCUT2D eigenvalue weighted by Gasteiger charge is -2.11. The maximum Gasteiger partial charge on any atom is 0.147 e. The van der Waals surface area contributed by atoms with Crippen LogP contribution in [0, 0.1) is 5.92 Å². The molecule has 1 aromatic carbocycles. The molecular weight excluding hydrogens is 284 g/mol. The van der Waals surface area contributed by atoms with E-state index >= 15 is 0 Å². The van der Waals surface area contributed by atoms with Gasteiger partial charge in [0.1, 0.15) is 17.1 Å². The number of imidazole rings is 1. The summed E-state index contributed by atoms with van der Waals surface area (Å²) in [7, 11) is 0. The van der Waals surface area contributed by atoms with Crippen LogP contribution >= 0.6 is 11.6 Å². The van der Waals surface area contributed by atoms with Crippen LogP contribution in [-0.2, 0) is 12.4 Å². The van der Waals surface area contributed by atoms with Gasteiger partial charge in [0.15, 0.2) is 0 Å². The lowest BCUT2D eigenvalue weighted by Crippen LogP contribution is -2.06. The monoisotopic (exact) mass is 308 g/mol. The summed E-state index contributed by atoms with van der Waals surface area (Å²) in [5, 5.41) is 0. The van der Waals surface area contributed by atoms with E-state index in [1.807, 2.05) is 26.0 Å². The summed E-state index contributed by atoms with van der Waals surface area (Å²) in [5.74, 6) is 2.92. The molecule has 1 aromatic heterocycles. The number of para-hydroxylation sites is 1. The predicted molar refractivity (Wildman–Crippen MR) is 89.1 cm³/mol. The number of fused-ring (bicyclic) bond motifs is 1. The van der Waals surface area contributed by atoms with E-state index in [1.54, 1.807) is 0 Å². The minimum atomic E-state index is 0.140. The number of rotatable bonds is 7. The second kappa shape index (κ2) is 7.17. The van der Waals surface area contributed by atoms with Gasteiger partial charge in [-0.2, -0.15) is 0 Å². The summed E-state index contributed by atoms with van der Waals surface area (Å²) >= 11 is 6.08. The van der Waals surface area contributed by atoms with Gasteiger partial charge in [0.25, 0.3) is 0 Å². The Labute approximate surface area is 132 Å². The molecule has 0 aliphatic carbocycles. The van der Waals surface area contributed by atoms with E-state index in [1.165, 1.54) is 6.42 Å². The summed E-state index contributed by atoms with van der Waals surface area (Å²) < 4.78 is 8.10. The molecule has 0 saturated carbocycles. The minimum Gasteiger partial charge on any atom is -0.489 e. The largest absolute Gasteiger partial charge is 0.489 e. The first kappa shape index (κ1) is 16.2. The number of hydrogen-bond donors (Lipinski definition) is 0. The summed E-state index contributed by atoms with van der Waals surface area (Å²) in [6.45, 7) is 9.52. The third kappa shape index (κ3) is 3.91. The van der Waals surface area contributed by atoms with E-state index in [0.29, 0.717) is 5.88 Å². The third-order valence-electron chi connectivity index (χ3n) is 3.47. The van der Waals surface area contributed by atoms with E-state index in [0.717, 1.165) is 41.5 Å². The third-order valence-corrected chi connectivity index (χ3v) is 3.71. The minimum absolute atomic E-state index is 0.140. The van der Waals surface area contributed by atoms with Crippen LogP contribution in [0.1, 0.15) is 46.4 Å². The van der Waals surface area contributed by atoms with Gasteiger partial charge in [0.05, 0.1) is 17.5 Å². The van der Waals surface area contributed by atoms with Crippen LogP contribution in [0.4, 0.5) is 0 Å². The first-order chi connectivity index (χ1) is 10.0. The molecule has 0 amide bonds. The van der Waals surface area contributed by atoms with Crippen molar-refractivity contribution in [2.45, 2.75) is 59.1 Å². The van der Waals surface area contributed by atoms with Crippen molar-refractivity contribution in [3.05, 3.63) is 24.0 Å². The molecule has 2 rings (SSSR count). The zero-order chi connectivity index (χ0) is 15.4. The van der Waals surface area contributed by atoms with Crippen molar-refractivity contribution in [3.63, 3.8) is 0 Å². The molecule has 0 saturated heterocycles. The summed E-state index contributed by atoms with van der Waals surface area (Å²) in [6.07, 6.45) is 2.49. The zero-order valence-electron chi connectivity index (χ0n) is 13.4. The first-order valence-corrected chi connectivity index (χ1v) is 8.27. The Morgan fingerprint density at radius 1 is 1.24 bits per heavy atom. The molecule has 0 unspecified atom stereocenters. The maximum absolute atomic E-state index is 6.08. The Bertz CT molecular complexity index is 590. The zero-order valence-corrected chi connectivity index (χ0v) is 14.2. The summed E-state index contributed by atoms with van der Waals surface area (Å²) in [5.41, 5.74) is 2.04. The quantitative estimate of drug-likeness (QED) is 0.673. The lowest BCUT2D eigenvalue weighted by molar-refractivity contribution is 0.245. The van der Waals surface area contributed by atoms with E-state index in [-0.39, 0.29) is 6.10 Å². The topological polar surface area (TPSA) is 27.1 Å². The second-order valence-corrected chi connectivity index (χ2v) is 6.41. The van der Waals surface area contributed by atoms with Gasteiger partial charge < -0.3 is 9.30 Å². The molecule has 2 aromatic rings. The van der Waals surface area contributed by atoms with Crippen molar-refractivity contribution >= 4 is 22.6 Å². The van der Waals surface area contributed by atoms with Crippen molar-refractivity contribution in [3.8, 4) is 5.75 Å². The molecule has 0 radical (unpaired) electrons. The van der Waals surface area contributed by atoms with Gasteiger partial charge in [-0.15, -0.1) is 11.6 Å². The highest BCUT2D eigenvalue weighted by molar-refractivity contribution is 6.16. The molecule has 0 atom stereocenters. The lowest BCUT2D eigenvalue weighted by atomic mass is 10.1.